The summed E-state index contributed by atoms with van der Waals surface area (Å²) in [7, 11) is 0. The second-order valence-electron chi connectivity index (χ2n) is 5.98. The molecule has 0 aliphatic carbocycles. The predicted molar refractivity (Wildman–Crippen MR) is 93.6 cm³/mol. The predicted octanol–water partition coefficient (Wildman–Crippen LogP) is 5.33. The zero-order chi connectivity index (χ0) is 16.8. The van der Waals surface area contributed by atoms with E-state index in [-0.39, 0.29) is 24.6 Å². The number of esters is 1. The molecule has 0 atom stereocenters. The Morgan fingerprint density at radius 3 is 2.09 bits per heavy atom. The summed E-state index contributed by atoms with van der Waals surface area (Å²) in [4.78, 5) is 23.5. The van der Waals surface area contributed by atoms with E-state index in [0.717, 1.165) is 12.8 Å². The minimum atomic E-state index is -0.266. The first-order valence-electron chi connectivity index (χ1n) is 8.98. The summed E-state index contributed by atoms with van der Waals surface area (Å²) in [6, 6.07) is 9.07. The highest BCUT2D eigenvalue weighted by Crippen LogP contribution is 2.09. The Kier molecular flexibility index (Phi) is 10.9. The van der Waals surface area contributed by atoms with Gasteiger partial charge in [-0.25, -0.2) is 0 Å². The molecule has 23 heavy (non-hydrogen) atoms. The summed E-state index contributed by atoms with van der Waals surface area (Å²) in [5.74, 6) is -0.271. The molecule has 128 valence electrons. The average Bonchev–Trinajstić information content (AvgIpc) is 2.59. The van der Waals surface area contributed by atoms with Gasteiger partial charge in [0.25, 0.3) is 0 Å². The van der Waals surface area contributed by atoms with E-state index in [1.165, 1.54) is 38.5 Å². The van der Waals surface area contributed by atoms with Gasteiger partial charge in [-0.1, -0.05) is 82.2 Å². The van der Waals surface area contributed by atoms with Gasteiger partial charge in [-0.2, -0.15) is 0 Å². The van der Waals surface area contributed by atoms with Gasteiger partial charge in [-0.3, -0.25) is 9.59 Å². The molecule has 1 aromatic rings. The van der Waals surface area contributed by atoms with Crippen LogP contribution in [-0.2, 0) is 9.53 Å². The largest absolute Gasteiger partial charge is 0.466 e. The third-order valence-electron chi connectivity index (χ3n) is 3.91. The lowest BCUT2D eigenvalue weighted by Crippen LogP contribution is -2.09. The maximum atomic E-state index is 11.9. The van der Waals surface area contributed by atoms with Crippen LogP contribution in [0, 0.1) is 0 Å². The van der Waals surface area contributed by atoms with Gasteiger partial charge < -0.3 is 4.74 Å². The van der Waals surface area contributed by atoms with Crippen LogP contribution in [0.3, 0.4) is 0 Å². The van der Waals surface area contributed by atoms with E-state index < -0.39 is 0 Å². The third-order valence-corrected chi connectivity index (χ3v) is 3.91. The normalized spacial score (nSPS) is 10.5. The number of carbonyl (C=O) groups excluding carboxylic acids is 2. The Morgan fingerprint density at radius 2 is 1.43 bits per heavy atom. The van der Waals surface area contributed by atoms with E-state index >= 15 is 0 Å². The quantitative estimate of drug-likeness (QED) is 0.280. The van der Waals surface area contributed by atoms with Crippen LogP contribution in [0.25, 0.3) is 0 Å². The summed E-state index contributed by atoms with van der Waals surface area (Å²) in [6.45, 7) is 2.70. The van der Waals surface area contributed by atoms with E-state index in [0.29, 0.717) is 12.2 Å². The number of ether oxygens (including phenoxy) is 1. The molecule has 0 heterocycles. The van der Waals surface area contributed by atoms with Crippen molar-refractivity contribution < 1.29 is 14.3 Å². The number of ketones is 1. The Labute approximate surface area is 140 Å². The van der Waals surface area contributed by atoms with Crippen LogP contribution in [0.5, 0.6) is 0 Å². The molecule has 1 rings (SSSR count). The van der Waals surface area contributed by atoms with Crippen molar-refractivity contribution in [3.05, 3.63) is 35.9 Å². The first-order chi connectivity index (χ1) is 11.2. The molecule has 0 unspecified atom stereocenters. The van der Waals surface area contributed by atoms with Gasteiger partial charge in [0.05, 0.1) is 13.0 Å². The van der Waals surface area contributed by atoms with Gasteiger partial charge in [0.2, 0.25) is 0 Å². The number of unbranched alkanes of at least 4 members (excludes halogenated alkanes) is 7. The van der Waals surface area contributed by atoms with Crippen LogP contribution in [0.2, 0.25) is 0 Å². The van der Waals surface area contributed by atoms with Gasteiger partial charge in [0.15, 0.2) is 5.78 Å². The van der Waals surface area contributed by atoms with Crippen LogP contribution in [-0.4, -0.2) is 18.4 Å². The molecule has 0 saturated heterocycles. The van der Waals surface area contributed by atoms with Crippen molar-refractivity contribution in [1.82, 2.24) is 0 Å². The molecule has 0 saturated carbocycles. The van der Waals surface area contributed by atoms with Crippen molar-refractivity contribution in [1.29, 1.82) is 0 Å². The van der Waals surface area contributed by atoms with Crippen LogP contribution in [0.1, 0.15) is 81.5 Å². The lowest BCUT2D eigenvalue weighted by Gasteiger charge is -2.05. The molecule has 0 radical (unpaired) electrons. The van der Waals surface area contributed by atoms with Crippen LogP contribution in [0.4, 0.5) is 0 Å². The summed E-state index contributed by atoms with van der Waals surface area (Å²) < 4.78 is 5.18. The van der Waals surface area contributed by atoms with E-state index in [9.17, 15) is 9.59 Å². The summed E-state index contributed by atoms with van der Waals surface area (Å²) in [6.07, 6.45) is 10.2. The van der Waals surface area contributed by atoms with Gasteiger partial charge in [-0.05, 0) is 6.42 Å². The second kappa shape index (κ2) is 12.9. The molecule has 1 aromatic carbocycles. The molecule has 3 nitrogen and oxygen atoms in total. The van der Waals surface area contributed by atoms with Gasteiger partial charge in [-0.15, -0.1) is 0 Å². The van der Waals surface area contributed by atoms with Crippen molar-refractivity contribution >= 4 is 11.8 Å². The van der Waals surface area contributed by atoms with Gasteiger partial charge in [0, 0.05) is 12.0 Å². The van der Waals surface area contributed by atoms with E-state index in [4.69, 9.17) is 4.74 Å². The number of Topliss-reactive ketones (excluding diaryl/α,β-unsaturated/α-hetero) is 1. The summed E-state index contributed by atoms with van der Waals surface area (Å²) in [5, 5.41) is 0. The minimum Gasteiger partial charge on any atom is -0.466 e. The topological polar surface area (TPSA) is 43.4 Å². The molecular formula is C20H30O3. The number of carbonyl (C=O) groups is 2. The monoisotopic (exact) mass is 318 g/mol. The van der Waals surface area contributed by atoms with Crippen LogP contribution >= 0.6 is 0 Å². The Balaban J connectivity index is 1.97. The van der Waals surface area contributed by atoms with Crippen LogP contribution in [0.15, 0.2) is 30.3 Å². The molecule has 0 fully saturated rings. The molecular weight excluding hydrogens is 288 g/mol. The molecule has 0 spiro atoms. The number of hydrogen-bond donors (Lipinski definition) is 0. The zero-order valence-corrected chi connectivity index (χ0v) is 14.4. The fourth-order valence-electron chi connectivity index (χ4n) is 2.48. The van der Waals surface area contributed by atoms with Gasteiger partial charge in [0.1, 0.15) is 0 Å². The fourth-order valence-corrected chi connectivity index (χ4v) is 2.48. The highest BCUT2D eigenvalue weighted by molar-refractivity contribution is 5.97. The number of rotatable bonds is 13. The van der Waals surface area contributed by atoms with Crippen molar-refractivity contribution in [3.63, 3.8) is 0 Å². The first kappa shape index (κ1) is 19.4. The SMILES string of the molecule is CCCCCCCCCCOC(=O)CCC(=O)c1ccccc1. The van der Waals surface area contributed by atoms with Gasteiger partial charge >= 0.3 is 5.97 Å². The Bertz CT molecular complexity index is 439. The highest BCUT2D eigenvalue weighted by Gasteiger charge is 2.09. The lowest BCUT2D eigenvalue weighted by molar-refractivity contribution is -0.143. The average molecular weight is 318 g/mol. The van der Waals surface area contributed by atoms with Crippen molar-refractivity contribution in [3.8, 4) is 0 Å². The van der Waals surface area contributed by atoms with E-state index in [2.05, 4.69) is 6.92 Å². The lowest BCUT2D eigenvalue weighted by atomic mass is 10.1. The number of benzene rings is 1. The first-order valence-corrected chi connectivity index (χ1v) is 8.98. The van der Waals surface area contributed by atoms with Crippen molar-refractivity contribution in [2.75, 3.05) is 6.61 Å². The fraction of sp³-hybridized carbons (Fsp3) is 0.600. The second-order valence-corrected chi connectivity index (χ2v) is 5.98. The summed E-state index contributed by atoms with van der Waals surface area (Å²) >= 11 is 0. The molecule has 0 aliphatic heterocycles. The zero-order valence-electron chi connectivity index (χ0n) is 14.4. The molecule has 0 bridgehead atoms. The molecule has 0 N–H and O–H groups in total. The van der Waals surface area contributed by atoms with Crippen molar-refractivity contribution in [2.24, 2.45) is 0 Å². The molecule has 0 amide bonds. The third kappa shape index (κ3) is 9.88. The van der Waals surface area contributed by atoms with E-state index in [1.807, 2.05) is 18.2 Å². The molecule has 0 aromatic heterocycles. The molecule has 3 heteroatoms. The smallest absolute Gasteiger partial charge is 0.306 e. The maximum absolute atomic E-state index is 11.9. The highest BCUT2D eigenvalue weighted by atomic mass is 16.5. The van der Waals surface area contributed by atoms with Crippen LogP contribution < -0.4 is 0 Å². The molecule has 0 aliphatic rings. The number of hydrogen-bond acceptors (Lipinski definition) is 3. The van der Waals surface area contributed by atoms with E-state index in [1.54, 1.807) is 12.1 Å². The summed E-state index contributed by atoms with van der Waals surface area (Å²) in [5.41, 5.74) is 0.656. The maximum Gasteiger partial charge on any atom is 0.306 e. The Hall–Kier alpha value is -1.64. The Morgan fingerprint density at radius 1 is 0.826 bits per heavy atom. The van der Waals surface area contributed by atoms with Crippen molar-refractivity contribution in [2.45, 2.75) is 71.1 Å². The minimum absolute atomic E-state index is 0.00497. The standard InChI is InChI=1S/C20H30O3/c1-2-3-4-5-6-7-8-12-17-23-20(22)16-15-19(21)18-13-10-9-11-14-18/h9-11,13-14H,2-8,12,15-17H2,1H3.